The number of aromatic nitrogens is 1. The number of likely N-dealkylation sites (N-methyl/N-ethyl adjacent to an activating group) is 1. The smallest absolute Gasteiger partial charge is 0.248 e. The highest BCUT2D eigenvalue weighted by Gasteiger charge is 2.32. The number of pyridine rings is 1. The fraction of sp³-hybridized carbons (Fsp3) is 0.400. The third-order valence-corrected chi connectivity index (χ3v) is 2.50. The highest BCUT2D eigenvalue weighted by Crippen LogP contribution is 2.28. The van der Waals surface area contributed by atoms with Crippen molar-refractivity contribution in [3.8, 4) is 5.75 Å². The molecule has 5 heteroatoms. The summed E-state index contributed by atoms with van der Waals surface area (Å²) in [6, 6.07) is 2.89. The van der Waals surface area contributed by atoms with E-state index in [4.69, 9.17) is 10.5 Å². The molecule has 0 aliphatic carbocycles. The van der Waals surface area contributed by atoms with E-state index in [9.17, 15) is 4.79 Å². The van der Waals surface area contributed by atoms with Gasteiger partial charge >= 0.3 is 0 Å². The number of anilines is 1. The Morgan fingerprint density at radius 1 is 1.60 bits per heavy atom. The van der Waals surface area contributed by atoms with Crippen molar-refractivity contribution in [2.24, 2.45) is 5.73 Å². The summed E-state index contributed by atoms with van der Waals surface area (Å²) in [4.78, 5) is 17.3. The third kappa shape index (κ3) is 1.55. The third-order valence-electron chi connectivity index (χ3n) is 2.50. The van der Waals surface area contributed by atoms with Crippen molar-refractivity contribution in [1.82, 2.24) is 4.98 Å². The number of hydrogen-bond donors (Lipinski definition) is 1. The minimum atomic E-state index is -0.649. The zero-order valence-corrected chi connectivity index (χ0v) is 8.68. The Bertz CT molecular complexity index is 394. The van der Waals surface area contributed by atoms with Crippen LogP contribution in [0.15, 0.2) is 18.3 Å². The van der Waals surface area contributed by atoms with Crippen LogP contribution < -0.4 is 15.4 Å². The summed E-state index contributed by atoms with van der Waals surface area (Å²) in [6.45, 7) is 1.78. The van der Waals surface area contributed by atoms with Gasteiger partial charge in [0.15, 0.2) is 11.6 Å². The Morgan fingerprint density at radius 2 is 2.33 bits per heavy atom. The molecule has 1 amide bonds. The van der Waals surface area contributed by atoms with Gasteiger partial charge in [-0.15, -0.1) is 0 Å². The highest BCUT2D eigenvalue weighted by atomic mass is 16.5. The van der Waals surface area contributed by atoms with Gasteiger partial charge in [0.1, 0.15) is 12.1 Å². The summed E-state index contributed by atoms with van der Waals surface area (Å²) < 4.78 is 5.56. The predicted octanol–water partition coefficient (Wildman–Crippen LogP) is 0.153. The number of carbonyl (C=O) groups excluding carboxylic acids is 1. The van der Waals surface area contributed by atoms with Crippen molar-refractivity contribution in [2.45, 2.75) is 19.1 Å². The van der Waals surface area contributed by atoms with E-state index in [1.165, 1.54) is 4.90 Å². The number of hydrogen-bond acceptors (Lipinski definition) is 4. The van der Waals surface area contributed by atoms with Crippen molar-refractivity contribution >= 4 is 11.7 Å². The molecule has 1 aliphatic rings. The van der Waals surface area contributed by atoms with Crippen LogP contribution in [0.5, 0.6) is 5.75 Å². The van der Waals surface area contributed by atoms with Gasteiger partial charge in [0.25, 0.3) is 0 Å². The summed E-state index contributed by atoms with van der Waals surface area (Å²) >= 11 is 0. The van der Waals surface area contributed by atoms with Crippen LogP contribution in [-0.2, 0) is 4.79 Å². The topological polar surface area (TPSA) is 68.5 Å². The lowest BCUT2D eigenvalue weighted by Crippen LogP contribution is -2.48. The van der Waals surface area contributed by atoms with Crippen molar-refractivity contribution < 1.29 is 9.53 Å². The number of amides is 1. The Kier molecular flexibility index (Phi) is 2.32. The maximum atomic E-state index is 11.8. The average molecular weight is 207 g/mol. The standard InChI is InChI=1S/C10H13N3O2/c1-6-8(11)10(14)13(2)9-7(15-6)4-3-5-12-9/h3-6,8H,11H2,1-2H3/t6-,8-/m0/s1. The van der Waals surface area contributed by atoms with Crippen molar-refractivity contribution in [1.29, 1.82) is 0 Å². The van der Waals surface area contributed by atoms with Crippen molar-refractivity contribution in [3.63, 3.8) is 0 Å². The van der Waals surface area contributed by atoms with Crippen LogP contribution >= 0.6 is 0 Å². The van der Waals surface area contributed by atoms with Gasteiger partial charge in [-0.25, -0.2) is 4.98 Å². The van der Waals surface area contributed by atoms with Gasteiger partial charge in [-0.3, -0.25) is 9.69 Å². The zero-order valence-electron chi connectivity index (χ0n) is 8.68. The quantitative estimate of drug-likeness (QED) is 0.657. The second-order valence-corrected chi connectivity index (χ2v) is 3.57. The van der Waals surface area contributed by atoms with Gasteiger partial charge in [0, 0.05) is 13.2 Å². The molecule has 0 unspecified atom stereocenters. The molecule has 0 bridgehead atoms. The first-order valence-corrected chi connectivity index (χ1v) is 4.76. The predicted molar refractivity (Wildman–Crippen MR) is 55.7 cm³/mol. The molecule has 2 atom stereocenters. The minimum Gasteiger partial charge on any atom is -0.485 e. The first-order chi connectivity index (χ1) is 7.11. The van der Waals surface area contributed by atoms with Crippen LogP contribution in [0.4, 0.5) is 5.82 Å². The van der Waals surface area contributed by atoms with Crippen LogP contribution in [0.3, 0.4) is 0 Å². The molecular weight excluding hydrogens is 194 g/mol. The maximum absolute atomic E-state index is 11.8. The summed E-state index contributed by atoms with van der Waals surface area (Å²) in [5, 5.41) is 0. The number of fused-ring (bicyclic) bond motifs is 1. The summed E-state index contributed by atoms with van der Waals surface area (Å²) in [5.41, 5.74) is 5.75. The molecule has 1 aromatic rings. The van der Waals surface area contributed by atoms with E-state index in [0.29, 0.717) is 11.6 Å². The second kappa shape index (κ2) is 3.51. The lowest BCUT2D eigenvalue weighted by atomic mass is 10.2. The Labute approximate surface area is 87.8 Å². The molecule has 15 heavy (non-hydrogen) atoms. The fourth-order valence-electron chi connectivity index (χ4n) is 1.53. The molecule has 80 valence electrons. The molecule has 0 saturated carbocycles. The second-order valence-electron chi connectivity index (χ2n) is 3.57. The van der Waals surface area contributed by atoms with Gasteiger partial charge in [-0.2, -0.15) is 0 Å². The maximum Gasteiger partial charge on any atom is 0.248 e. The number of carbonyl (C=O) groups is 1. The molecule has 2 rings (SSSR count). The zero-order chi connectivity index (χ0) is 11.0. The van der Waals surface area contributed by atoms with E-state index in [-0.39, 0.29) is 12.0 Å². The first kappa shape index (κ1) is 9.92. The lowest BCUT2D eigenvalue weighted by Gasteiger charge is -2.17. The van der Waals surface area contributed by atoms with E-state index in [2.05, 4.69) is 4.98 Å². The van der Waals surface area contributed by atoms with Crippen molar-refractivity contribution in [2.75, 3.05) is 11.9 Å². The molecule has 0 fully saturated rings. The fourth-order valence-corrected chi connectivity index (χ4v) is 1.53. The number of nitrogens with two attached hydrogens (primary N) is 1. The van der Waals surface area contributed by atoms with E-state index in [0.717, 1.165) is 0 Å². The largest absolute Gasteiger partial charge is 0.485 e. The van der Waals surface area contributed by atoms with Gasteiger partial charge in [-0.05, 0) is 19.1 Å². The summed E-state index contributed by atoms with van der Waals surface area (Å²) in [5.74, 6) is 0.927. The van der Waals surface area contributed by atoms with Gasteiger partial charge in [-0.1, -0.05) is 0 Å². The van der Waals surface area contributed by atoms with Crippen LogP contribution in [0.1, 0.15) is 6.92 Å². The van der Waals surface area contributed by atoms with Gasteiger partial charge < -0.3 is 10.5 Å². The van der Waals surface area contributed by atoms with Gasteiger partial charge in [0.2, 0.25) is 5.91 Å². The van der Waals surface area contributed by atoms with Crippen molar-refractivity contribution in [3.05, 3.63) is 18.3 Å². The molecule has 0 spiro atoms. The average Bonchev–Trinajstić information content (AvgIpc) is 2.32. The number of ether oxygens (including phenoxy) is 1. The summed E-state index contributed by atoms with van der Waals surface area (Å²) in [7, 11) is 1.65. The normalized spacial score (nSPS) is 25.5. The number of rotatable bonds is 0. The van der Waals surface area contributed by atoms with E-state index in [1.54, 1.807) is 32.3 Å². The minimum absolute atomic E-state index is 0.181. The van der Waals surface area contributed by atoms with E-state index >= 15 is 0 Å². The van der Waals surface area contributed by atoms with Crippen LogP contribution in [-0.4, -0.2) is 30.1 Å². The van der Waals surface area contributed by atoms with E-state index in [1.807, 2.05) is 0 Å². The molecular formula is C10H13N3O2. The van der Waals surface area contributed by atoms with Crippen LogP contribution in [0.2, 0.25) is 0 Å². The molecule has 2 heterocycles. The van der Waals surface area contributed by atoms with Crippen LogP contribution in [0, 0.1) is 0 Å². The molecule has 1 aromatic heterocycles. The number of nitrogens with zero attached hydrogens (tertiary/aromatic N) is 2. The molecule has 5 nitrogen and oxygen atoms in total. The Balaban J connectivity index is 2.49. The van der Waals surface area contributed by atoms with Gasteiger partial charge in [0.05, 0.1) is 0 Å². The summed E-state index contributed by atoms with van der Waals surface area (Å²) in [6.07, 6.45) is 1.28. The molecule has 0 saturated heterocycles. The SMILES string of the molecule is C[C@@H]1Oc2cccnc2N(C)C(=O)[C@H]1N. The Morgan fingerprint density at radius 3 is 3.07 bits per heavy atom. The monoisotopic (exact) mass is 207 g/mol. The molecule has 0 radical (unpaired) electrons. The van der Waals surface area contributed by atoms with Crippen LogP contribution in [0.25, 0.3) is 0 Å². The molecule has 2 N–H and O–H groups in total. The highest BCUT2D eigenvalue weighted by molar-refractivity contribution is 5.97. The first-order valence-electron chi connectivity index (χ1n) is 4.76. The van der Waals surface area contributed by atoms with E-state index < -0.39 is 6.04 Å². The molecule has 1 aliphatic heterocycles. The lowest BCUT2D eigenvalue weighted by molar-refractivity contribution is -0.120. The molecule has 0 aromatic carbocycles. The Hall–Kier alpha value is -1.62.